The molecule has 4 rings (SSSR count). The molecule has 2 aromatic carbocycles. The fourth-order valence-corrected chi connectivity index (χ4v) is 5.37. The Hall–Kier alpha value is -2.68. The Morgan fingerprint density at radius 2 is 2.00 bits per heavy atom. The number of hydrogen-bond donors (Lipinski definition) is 1. The Kier molecular flexibility index (Phi) is 7.40. The van der Waals surface area contributed by atoms with Gasteiger partial charge in [0.15, 0.2) is 0 Å². The number of rotatable bonds is 9. The van der Waals surface area contributed by atoms with Gasteiger partial charge in [0.1, 0.15) is 5.75 Å². The van der Waals surface area contributed by atoms with Crippen molar-refractivity contribution in [1.82, 2.24) is 10.2 Å². The molecule has 1 saturated carbocycles. The summed E-state index contributed by atoms with van der Waals surface area (Å²) in [5, 5.41) is 2.87. The highest BCUT2D eigenvalue weighted by atomic mass is 32.2. The van der Waals surface area contributed by atoms with Gasteiger partial charge in [-0.3, -0.25) is 9.59 Å². The van der Waals surface area contributed by atoms with Crippen LogP contribution in [0, 0.1) is 5.92 Å². The van der Waals surface area contributed by atoms with Crippen LogP contribution in [0.4, 0.5) is 13.2 Å². The van der Waals surface area contributed by atoms with Crippen molar-refractivity contribution in [3.05, 3.63) is 53.6 Å². The Bertz CT molecular complexity index is 1060. The van der Waals surface area contributed by atoms with Crippen LogP contribution in [-0.4, -0.2) is 43.5 Å². The van der Waals surface area contributed by atoms with E-state index in [2.05, 4.69) is 5.32 Å². The van der Waals surface area contributed by atoms with Crippen LogP contribution in [0.3, 0.4) is 0 Å². The van der Waals surface area contributed by atoms with Crippen LogP contribution in [0.2, 0.25) is 0 Å². The number of amides is 2. The summed E-state index contributed by atoms with van der Waals surface area (Å²) in [6.07, 6.45) is -1.84. The first-order valence-corrected chi connectivity index (χ1v) is 12.2. The lowest BCUT2D eigenvalue weighted by molar-refractivity contribution is -0.139. The van der Waals surface area contributed by atoms with E-state index in [0.717, 1.165) is 24.7 Å². The summed E-state index contributed by atoms with van der Waals surface area (Å²) < 4.78 is 46.9. The lowest BCUT2D eigenvalue weighted by atomic mass is 10.0. The maximum Gasteiger partial charge on any atom is 0.417 e. The van der Waals surface area contributed by atoms with E-state index >= 15 is 0 Å². The molecule has 182 valence electrons. The molecule has 2 unspecified atom stereocenters. The molecule has 9 heteroatoms. The molecule has 34 heavy (non-hydrogen) atoms. The summed E-state index contributed by atoms with van der Waals surface area (Å²) in [7, 11) is 1.48. The average Bonchev–Trinajstić information content (AvgIpc) is 3.51. The smallest absolute Gasteiger partial charge is 0.417 e. The second-order valence-corrected chi connectivity index (χ2v) is 9.67. The normalized spacial score (nSPS) is 19.9. The fraction of sp³-hybridized carbons (Fsp3) is 0.440. The minimum atomic E-state index is -4.51. The zero-order valence-electron chi connectivity index (χ0n) is 18.9. The molecule has 0 aromatic heterocycles. The van der Waals surface area contributed by atoms with Crippen molar-refractivity contribution < 1.29 is 27.5 Å². The highest BCUT2D eigenvalue weighted by Crippen LogP contribution is 2.50. The van der Waals surface area contributed by atoms with Gasteiger partial charge in [0.2, 0.25) is 11.8 Å². The van der Waals surface area contributed by atoms with Gasteiger partial charge in [-0.1, -0.05) is 30.0 Å². The summed E-state index contributed by atoms with van der Waals surface area (Å²) in [4.78, 5) is 26.6. The van der Waals surface area contributed by atoms with Gasteiger partial charge < -0.3 is 15.0 Å². The van der Waals surface area contributed by atoms with Gasteiger partial charge in [0.25, 0.3) is 0 Å². The number of alkyl halides is 3. The van der Waals surface area contributed by atoms with Crippen LogP contribution in [0.1, 0.15) is 42.7 Å². The van der Waals surface area contributed by atoms with E-state index < -0.39 is 11.7 Å². The Balaban J connectivity index is 1.38. The highest BCUT2D eigenvalue weighted by molar-refractivity contribution is 7.99. The van der Waals surface area contributed by atoms with Crippen LogP contribution in [-0.2, 0) is 15.8 Å². The van der Waals surface area contributed by atoms with E-state index in [1.54, 1.807) is 35.2 Å². The van der Waals surface area contributed by atoms with E-state index in [0.29, 0.717) is 48.6 Å². The number of methoxy groups -OCH3 is 1. The van der Waals surface area contributed by atoms with E-state index in [-0.39, 0.29) is 28.5 Å². The van der Waals surface area contributed by atoms with Crippen molar-refractivity contribution in [3.8, 4) is 5.75 Å². The number of benzene rings is 2. The molecular weight excluding hydrogens is 465 g/mol. The summed E-state index contributed by atoms with van der Waals surface area (Å²) in [6, 6.07) is 11.3. The first kappa shape index (κ1) is 24.4. The molecule has 0 bridgehead atoms. The third kappa shape index (κ3) is 5.68. The van der Waals surface area contributed by atoms with Crippen molar-refractivity contribution in [2.75, 3.05) is 26.7 Å². The third-order valence-electron chi connectivity index (χ3n) is 6.23. The van der Waals surface area contributed by atoms with E-state index in [9.17, 15) is 22.8 Å². The molecule has 1 saturated heterocycles. The Labute approximate surface area is 201 Å². The molecule has 1 aliphatic heterocycles. The molecule has 2 aliphatic rings. The molecule has 2 aromatic rings. The number of carbonyl (C=O) groups is 2. The zero-order valence-corrected chi connectivity index (χ0v) is 19.7. The zero-order chi connectivity index (χ0) is 24.3. The first-order valence-electron chi connectivity index (χ1n) is 11.4. The summed E-state index contributed by atoms with van der Waals surface area (Å²) in [5.41, 5.74) is -0.179. The quantitative estimate of drug-likeness (QED) is 0.495. The average molecular weight is 493 g/mol. The van der Waals surface area contributed by atoms with Crippen molar-refractivity contribution in [3.63, 3.8) is 0 Å². The molecule has 5 nitrogen and oxygen atoms in total. The van der Waals surface area contributed by atoms with Crippen LogP contribution >= 0.6 is 11.8 Å². The maximum absolute atomic E-state index is 13.9. The predicted octanol–water partition coefficient (Wildman–Crippen LogP) is 5.10. The number of likely N-dealkylation sites (tertiary alicyclic amines) is 1. The van der Waals surface area contributed by atoms with Gasteiger partial charge in [0, 0.05) is 36.9 Å². The van der Waals surface area contributed by atoms with E-state index in [1.165, 1.54) is 19.2 Å². The monoisotopic (exact) mass is 492 g/mol. The van der Waals surface area contributed by atoms with Crippen LogP contribution in [0.15, 0.2) is 52.3 Å². The number of nitrogens with zero attached hydrogens (tertiary/aromatic N) is 1. The van der Waals surface area contributed by atoms with Gasteiger partial charge >= 0.3 is 6.18 Å². The van der Waals surface area contributed by atoms with Crippen LogP contribution in [0.25, 0.3) is 0 Å². The highest BCUT2D eigenvalue weighted by Gasteiger charge is 2.45. The van der Waals surface area contributed by atoms with Gasteiger partial charge in [-0.05, 0) is 55.0 Å². The number of hydrogen-bond acceptors (Lipinski definition) is 4. The topological polar surface area (TPSA) is 58.6 Å². The number of para-hydroxylation sites is 1. The lowest BCUT2D eigenvalue weighted by Gasteiger charge is -2.16. The van der Waals surface area contributed by atoms with E-state index in [1.807, 2.05) is 0 Å². The number of halogens is 3. The van der Waals surface area contributed by atoms with Crippen LogP contribution < -0.4 is 10.1 Å². The molecule has 1 N–H and O–H groups in total. The minimum Gasteiger partial charge on any atom is -0.496 e. The van der Waals surface area contributed by atoms with Crippen molar-refractivity contribution in [1.29, 1.82) is 0 Å². The summed E-state index contributed by atoms with van der Waals surface area (Å²) >= 11 is 1.01. The molecule has 0 spiro atoms. The first-order chi connectivity index (χ1) is 16.3. The van der Waals surface area contributed by atoms with Gasteiger partial charge in [-0.25, -0.2) is 0 Å². The third-order valence-corrected chi connectivity index (χ3v) is 7.36. The minimum absolute atomic E-state index is 0.0962. The Morgan fingerprint density at radius 1 is 1.21 bits per heavy atom. The van der Waals surface area contributed by atoms with Gasteiger partial charge in [-0.15, -0.1) is 0 Å². The summed E-state index contributed by atoms with van der Waals surface area (Å²) in [6.45, 7) is 1.84. The molecule has 2 amide bonds. The standard InChI is InChI=1S/C25H27F3N2O3S/c1-33-20-6-2-3-7-22(20)34-21-10-9-16(14-19(21)25(26,27)28)17-15-18(17)24(32)29-11-5-13-30-12-4-8-23(30)31/h2-3,6-7,9-10,14,17-18H,4-5,8,11-13,15H2,1H3,(H,29,32). The summed E-state index contributed by atoms with van der Waals surface area (Å²) in [5.74, 6) is -0.00771. The number of ether oxygens (including phenoxy) is 1. The largest absolute Gasteiger partial charge is 0.496 e. The SMILES string of the molecule is COc1ccccc1Sc1ccc(C2CC2C(=O)NCCCN2CCCC2=O)cc1C(F)(F)F. The predicted molar refractivity (Wildman–Crippen MR) is 123 cm³/mol. The molecule has 0 radical (unpaired) electrons. The van der Waals surface area contributed by atoms with Crippen LogP contribution in [0.5, 0.6) is 5.75 Å². The van der Waals surface area contributed by atoms with Crippen molar-refractivity contribution in [2.24, 2.45) is 5.92 Å². The second-order valence-electron chi connectivity index (χ2n) is 8.58. The van der Waals surface area contributed by atoms with Crippen molar-refractivity contribution >= 4 is 23.6 Å². The number of nitrogens with one attached hydrogen (secondary N) is 1. The van der Waals surface area contributed by atoms with E-state index in [4.69, 9.17) is 4.74 Å². The Morgan fingerprint density at radius 3 is 2.71 bits per heavy atom. The molecule has 1 heterocycles. The number of carbonyl (C=O) groups excluding carboxylic acids is 2. The maximum atomic E-state index is 13.9. The van der Waals surface area contributed by atoms with Gasteiger partial charge in [0.05, 0.1) is 17.6 Å². The van der Waals surface area contributed by atoms with Gasteiger partial charge in [-0.2, -0.15) is 13.2 Å². The molecular formula is C25H27F3N2O3S. The molecule has 1 aliphatic carbocycles. The fourth-order valence-electron chi connectivity index (χ4n) is 4.32. The molecule has 2 atom stereocenters. The second kappa shape index (κ2) is 10.3. The van der Waals surface area contributed by atoms with Crippen molar-refractivity contribution in [2.45, 2.75) is 47.6 Å². The molecule has 2 fully saturated rings. The lowest BCUT2D eigenvalue weighted by Crippen LogP contribution is -2.31.